The quantitative estimate of drug-likeness (QED) is 0.789. The average Bonchev–Trinajstić information content (AvgIpc) is 2.99. The molecule has 24 heavy (non-hydrogen) atoms. The first-order chi connectivity index (χ1) is 11.8. The van der Waals surface area contributed by atoms with Gasteiger partial charge in [-0.25, -0.2) is 4.98 Å². The van der Waals surface area contributed by atoms with Crippen LogP contribution in [-0.4, -0.2) is 45.9 Å². The van der Waals surface area contributed by atoms with Crippen molar-refractivity contribution in [2.45, 2.75) is 13.1 Å². The number of imidazole rings is 1. The van der Waals surface area contributed by atoms with Crippen molar-refractivity contribution in [1.82, 2.24) is 19.8 Å². The molecule has 0 atom stereocenters. The minimum Gasteiger partial charge on any atom is -0.341 e. The topological polar surface area (TPSA) is 35.2 Å². The number of hydrogen-bond donors (Lipinski definition) is 1. The lowest BCUT2D eigenvalue weighted by Crippen LogP contribution is -2.45. The van der Waals surface area contributed by atoms with Crippen molar-refractivity contribution >= 4 is 22.6 Å². The first kappa shape index (κ1) is 15.6. The highest BCUT2D eigenvalue weighted by molar-refractivity contribution is 6.30. The zero-order valence-electron chi connectivity index (χ0n) is 13.6. The van der Waals surface area contributed by atoms with Crippen molar-refractivity contribution in [2.75, 3.05) is 26.2 Å². The number of piperazine rings is 1. The Labute approximate surface area is 147 Å². The SMILES string of the molecule is Clc1cccc(CN2CCN(Cc3nc4ccccc4[nH]3)CC2)c1. The highest BCUT2D eigenvalue weighted by atomic mass is 35.5. The van der Waals surface area contributed by atoms with Crippen LogP contribution in [0, 0.1) is 0 Å². The summed E-state index contributed by atoms with van der Waals surface area (Å²) in [6.07, 6.45) is 0. The van der Waals surface area contributed by atoms with Gasteiger partial charge in [0.05, 0.1) is 17.6 Å². The molecule has 1 fully saturated rings. The largest absolute Gasteiger partial charge is 0.341 e. The number of benzene rings is 2. The fraction of sp³-hybridized carbons (Fsp3) is 0.316. The van der Waals surface area contributed by atoms with Gasteiger partial charge in [0, 0.05) is 37.7 Å². The van der Waals surface area contributed by atoms with Crippen molar-refractivity contribution in [2.24, 2.45) is 0 Å². The number of aromatic amines is 1. The third-order valence-electron chi connectivity index (χ3n) is 4.57. The number of nitrogens with zero attached hydrogens (tertiary/aromatic N) is 3. The third-order valence-corrected chi connectivity index (χ3v) is 4.81. The van der Waals surface area contributed by atoms with Crippen LogP contribution in [0.5, 0.6) is 0 Å². The van der Waals surface area contributed by atoms with Crippen LogP contribution in [0.3, 0.4) is 0 Å². The Balaban J connectivity index is 1.32. The smallest absolute Gasteiger partial charge is 0.121 e. The number of halogens is 1. The van der Waals surface area contributed by atoms with Crippen LogP contribution in [0.2, 0.25) is 5.02 Å². The van der Waals surface area contributed by atoms with E-state index in [0.717, 1.165) is 61.1 Å². The maximum absolute atomic E-state index is 6.07. The van der Waals surface area contributed by atoms with Crippen LogP contribution in [-0.2, 0) is 13.1 Å². The van der Waals surface area contributed by atoms with Crippen LogP contribution in [0.4, 0.5) is 0 Å². The first-order valence-corrected chi connectivity index (χ1v) is 8.77. The lowest BCUT2D eigenvalue weighted by Gasteiger charge is -2.34. The summed E-state index contributed by atoms with van der Waals surface area (Å²) >= 11 is 6.07. The van der Waals surface area contributed by atoms with E-state index in [-0.39, 0.29) is 0 Å². The summed E-state index contributed by atoms with van der Waals surface area (Å²) in [6, 6.07) is 16.4. The molecule has 2 aromatic carbocycles. The number of fused-ring (bicyclic) bond motifs is 1. The first-order valence-electron chi connectivity index (χ1n) is 8.39. The molecule has 1 aromatic heterocycles. The van der Waals surface area contributed by atoms with Crippen LogP contribution < -0.4 is 0 Å². The van der Waals surface area contributed by atoms with Gasteiger partial charge in [0.25, 0.3) is 0 Å². The minimum atomic E-state index is 0.816. The molecule has 1 aliphatic heterocycles. The molecule has 4 nitrogen and oxygen atoms in total. The third kappa shape index (κ3) is 3.61. The highest BCUT2D eigenvalue weighted by Gasteiger charge is 2.18. The maximum atomic E-state index is 6.07. The summed E-state index contributed by atoms with van der Waals surface area (Å²) in [4.78, 5) is 13.0. The molecule has 5 heteroatoms. The number of aromatic nitrogens is 2. The van der Waals surface area contributed by atoms with Crippen LogP contribution in [0.1, 0.15) is 11.4 Å². The Morgan fingerprint density at radius 2 is 1.67 bits per heavy atom. The Kier molecular flexibility index (Phi) is 4.52. The zero-order chi connectivity index (χ0) is 16.4. The molecule has 2 heterocycles. The number of para-hydroxylation sites is 2. The molecule has 0 radical (unpaired) electrons. The molecule has 1 saturated heterocycles. The molecule has 1 N–H and O–H groups in total. The second-order valence-corrected chi connectivity index (χ2v) is 6.82. The van der Waals surface area contributed by atoms with Crippen molar-refractivity contribution in [1.29, 1.82) is 0 Å². The second-order valence-electron chi connectivity index (χ2n) is 6.38. The minimum absolute atomic E-state index is 0.816. The molecule has 0 spiro atoms. The Hall–Kier alpha value is -1.88. The summed E-state index contributed by atoms with van der Waals surface area (Å²) < 4.78 is 0. The van der Waals surface area contributed by atoms with Gasteiger partial charge in [-0.15, -0.1) is 0 Å². The molecule has 0 aliphatic carbocycles. The lowest BCUT2D eigenvalue weighted by atomic mass is 10.2. The fourth-order valence-corrected chi connectivity index (χ4v) is 3.50. The molecule has 4 rings (SSSR count). The molecule has 3 aromatic rings. The summed E-state index contributed by atoms with van der Waals surface area (Å²) in [6.45, 7) is 6.15. The second kappa shape index (κ2) is 6.93. The lowest BCUT2D eigenvalue weighted by molar-refractivity contribution is 0.120. The summed E-state index contributed by atoms with van der Waals surface area (Å²) in [5.74, 6) is 1.06. The van der Waals surface area contributed by atoms with Crippen LogP contribution >= 0.6 is 11.6 Å². The summed E-state index contributed by atoms with van der Waals surface area (Å²) in [5.41, 5.74) is 3.45. The Morgan fingerprint density at radius 1 is 0.917 bits per heavy atom. The van der Waals surface area contributed by atoms with Crippen molar-refractivity contribution in [3.05, 3.63) is 64.9 Å². The van der Waals surface area contributed by atoms with E-state index in [1.54, 1.807) is 0 Å². The van der Waals surface area contributed by atoms with Gasteiger partial charge in [-0.05, 0) is 29.8 Å². The molecule has 0 bridgehead atoms. The van der Waals surface area contributed by atoms with Gasteiger partial charge in [-0.3, -0.25) is 9.80 Å². The van der Waals surface area contributed by atoms with Gasteiger partial charge in [-0.2, -0.15) is 0 Å². The van der Waals surface area contributed by atoms with Crippen LogP contribution in [0.15, 0.2) is 48.5 Å². The number of rotatable bonds is 4. The molecular weight excluding hydrogens is 320 g/mol. The normalized spacial score (nSPS) is 16.7. The standard InChI is InChI=1S/C19H21ClN4/c20-16-5-3-4-15(12-16)13-23-8-10-24(11-9-23)14-19-21-17-6-1-2-7-18(17)22-19/h1-7,12H,8-11,13-14H2,(H,21,22). The molecule has 0 unspecified atom stereocenters. The maximum Gasteiger partial charge on any atom is 0.121 e. The van der Waals surface area contributed by atoms with Crippen molar-refractivity contribution in [3.63, 3.8) is 0 Å². The average molecular weight is 341 g/mol. The van der Waals surface area contributed by atoms with E-state index in [1.807, 2.05) is 24.3 Å². The summed E-state index contributed by atoms with van der Waals surface area (Å²) in [7, 11) is 0. The molecular formula is C19H21ClN4. The Bertz CT molecular complexity index is 788. The number of H-pyrrole nitrogens is 1. The van der Waals surface area contributed by atoms with E-state index in [4.69, 9.17) is 11.6 Å². The van der Waals surface area contributed by atoms with Crippen molar-refractivity contribution < 1.29 is 0 Å². The van der Waals surface area contributed by atoms with E-state index in [9.17, 15) is 0 Å². The van der Waals surface area contributed by atoms with Gasteiger partial charge in [0.15, 0.2) is 0 Å². The van der Waals surface area contributed by atoms with E-state index in [1.165, 1.54) is 5.56 Å². The van der Waals surface area contributed by atoms with E-state index < -0.39 is 0 Å². The molecule has 0 saturated carbocycles. The monoisotopic (exact) mass is 340 g/mol. The van der Waals surface area contributed by atoms with Crippen molar-refractivity contribution in [3.8, 4) is 0 Å². The Morgan fingerprint density at radius 3 is 2.42 bits per heavy atom. The number of nitrogens with one attached hydrogen (secondary N) is 1. The molecule has 124 valence electrons. The van der Waals surface area contributed by atoms with Gasteiger partial charge >= 0.3 is 0 Å². The molecule has 0 amide bonds. The number of hydrogen-bond acceptors (Lipinski definition) is 3. The van der Waals surface area contributed by atoms with E-state index in [0.29, 0.717) is 0 Å². The van der Waals surface area contributed by atoms with Gasteiger partial charge in [0.2, 0.25) is 0 Å². The predicted octanol–water partition coefficient (Wildman–Crippen LogP) is 3.53. The summed E-state index contributed by atoms with van der Waals surface area (Å²) in [5, 5.41) is 0.816. The molecule has 1 aliphatic rings. The highest BCUT2D eigenvalue weighted by Crippen LogP contribution is 2.16. The van der Waals surface area contributed by atoms with Gasteiger partial charge < -0.3 is 4.98 Å². The van der Waals surface area contributed by atoms with Gasteiger partial charge in [0.1, 0.15) is 5.82 Å². The zero-order valence-corrected chi connectivity index (χ0v) is 14.3. The van der Waals surface area contributed by atoms with Crippen LogP contribution in [0.25, 0.3) is 11.0 Å². The fourth-order valence-electron chi connectivity index (χ4n) is 3.29. The van der Waals surface area contributed by atoms with Gasteiger partial charge in [-0.1, -0.05) is 35.9 Å². The predicted molar refractivity (Wildman–Crippen MR) is 98.1 cm³/mol. The van der Waals surface area contributed by atoms with E-state index in [2.05, 4.69) is 44.0 Å². The van der Waals surface area contributed by atoms with E-state index >= 15 is 0 Å².